The van der Waals surface area contributed by atoms with Gasteiger partial charge in [0.25, 0.3) is 0 Å². The van der Waals surface area contributed by atoms with Crippen LogP contribution in [0.5, 0.6) is 0 Å². The molecule has 1 aliphatic heterocycles. The van der Waals surface area contributed by atoms with Gasteiger partial charge >= 0.3 is 6.09 Å². The van der Waals surface area contributed by atoms with Crippen molar-refractivity contribution in [1.82, 2.24) is 15.1 Å². The molecule has 2 heterocycles. The highest BCUT2D eigenvalue weighted by atomic mass is 16.6. The van der Waals surface area contributed by atoms with Crippen LogP contribution in [0.2, 0.25) is 0 Å². The summed E-state index contributed by atoms with van der Waals surface area (Å²) in [5, 5.41) is 10.2. The Bertz CT molecular complexity index is 1030. The van der Waals surface area contributed by atoms with Crippen molar-refractivity contribution in [3.63, 3.8) is 0 Å². The molecule has 7 nitrogen and oxygen atoms in total. The van der Waals surface area contributed by atoms with Crippen molar-refractivity contribution in [2.24, 2.45) is 0 Å². The van der Waals surface area contributed by atoms with Crippen molar-refractivity contribution in [1.29, 1.82) is 0 Å². The first kappa shape index (κ1) is 22.1. The van der Waals surface area contributed by atoms with Gasteiger partial charge in [-0.15, -0.1) is 0 Å². The fourth-order valence-corrected chi connectivity index (χ4v) is 3.82. The molecule has 1 aromatic carbocycles. The first-order chi connectivity index (χ1) is 15.2. The topological polar surface area (TPSA) is 87.3 Å². The number of nitrogens with zero attached hydrogens (tertiary/aromatic N) is 2. The molecule has 7 heteroatoms. The second-order valence-electron chi connectivity index (χ2n) is 9.72. The van der Waals surface area contributed by atoms with Gasteiger partial charge in [-0.3, -0.25) is 9.89 Å². The monoisotopic (exact) mass is 436 g/mol. The average molecular weight is 437 g/mol. The number of amides is 2. The van der Waals surface area contributed by atoms with Crippen LogP contribution >= 0.6 is 0 Å². The highest BCUT2D eigenvalue weighted by Crippen LogP contribution is 2.39. The predicted molar refractivity (Wildman–Crippen MR) is 124 cm³/mol. The number of hydrogen-bond acceptors (Lipinski definition) is 4. The highest BCUT2D eigenvalue weighted by Gasteiger charge is 2.27. The third-order valence-electron chi connectivity index (χ3n) is 5.88. The van der Waals surface area contributed by atoms with Crippen LogP contribution in [0.4, 0.5) is 10.6 Å². The zero-order valence-corrected chi connectivity index (χ0v) is 19.3. The van der Waals surface area contributed by atoms with Gasteiger partial charge in [-0.2, -0.15) is 5.10 Å². The van der Waals surface area contributed by atoms with Crippen molar-refractivity contribution in [2.75, 3.05) is 18.4 Å². The predicted octanol–water partition coefficient (Wildman–Crippen LogP) is 5.05. The summed E-state index contributed by atoms with van der Waals surface area (Å²) in [6.07, 6.45) is 4.91. The number of carbonyl (C=O) groups is 2. The van der Waals surface area contributed by atoms with E-state index in [9.17, 15) is 9.59 Å². The Labute approximate surface area is 189 Å². The van der Waals surface area contributed by atoms with Crippen molar-refractivity contribution in [2.45, 2.75) is 64.4 Å². The quantitative estimate of drug-likeness (QED) is 0.686. The summed E-state index contributed by atoms with van der Waals surface area (Å²) in [7, 11) is 0. The van der Waals surface area contributed by atoms with Crippen LogP contribution in [0, 0.1) is 0 Å². The number of nitrogens with one attached hydrogen (secondary N) is 2. The molecule has 2 aliphatic rings. The molecule has 1 unspecified atom stereocenters. The Morgan fingerprint density at radius 3 is 2.69 bits per heavy atom. The second-order valence-corrected chi connectivity index (χ2v) is 9.72. The Kier molecular flexibility index (Phi) is 6.09. The molecule has 0 bridgehead atoms. The van der Waals surface area contributed by atoms with Crippen LogP contribution in [0.1, 0.15) is 75.6 Å². The first-order valence-electron chi connectivity index (χ1n) is 11.3. The molecular formula is C25H32N4O3. The van der Waals surface area contributed by atoms with E-state index in [1.165, 1.54) is 18.4 Å². The maximum atomic E-state index is 12.8. The Morgan fingerprint density at radius 2 is 2.03 bits per heavy atom. The number of benzene rings is 1. The average Bonchev–Trinajstić information content (AvgIpc) is 3.51. The number of rotatable bonds is 5. The highest BCUT2D eigenvalue weighted by molar-refractivity contribution is 5.95. The molecule has 0 spiro atoms. The van der Waals surface area contributed by atoms with Crippen LogP contribution in [0.25, 0.3) is 5.57 Å². The third kappa shape index (κ3) is 5.39. The molecular weight excluding hydrogens is 404 g/mol. The summed E-state index contributed by atoms with van der Waals surface area (Å²) < 4.78 is 5.47. The molecule has 1 atom stereocenters. The van der Waals surface area contributed by atoms with Gasteiger partial charge in [-0.25, -0.2) is 4.79 Å². The molecule has 0 saturated heterocycles. The van der Waals surface area contributed by atoms with Crippen LogP contribution in [0.3, 0.4) is 0 Å². The minimum atomic E-state index is -0.499. The Morgan fingerprint density at radius 1 is 1.25 bits per heavy atom. The van der Waals surface area contributed by atoms with Crippen molar-refractivity contribution < 1.29 is 14.3 Å². The number of aromatic nitrogens is 2. The Hall–Kier alpha value is -3.09. The summed E-state index contributed by atoms with van der Waals surface area (Å²) in [6.45, 7) is 8.66. The van der Waals surface area contributed by atoms with Crippen LogP contribution in [0.15, 0.2) is 36.4 Å². The zero-order valence-electron chi connectivity index (χ0n) is 19.3. The normalized spacial score (nSPS) is 17.5. The van der Waals surface area contributed by atoms with Gasteiger partial charge in [0, 0.05) is 30.8 Å². The SMILES string of the molecule is CC(C(=O)Nc1cc(C2CC2)[nH]n1)c1cccc(C2=CCN(C(=O)OC(C)(C)C)CC2)c1. The maximum Gasteiger partial charge on any atom is 0.410 e. The van der Waals surface area contributed by atoms with E-state index in [4.69, 9.17) is 4.74 Å². The lowest BCUT2D eigenvalue weighted by atomic mass is 9.93. The molecule has 32 heavy (non-hydrogen) atoms. The first-order valence-corrected chi connectivity index (χ1v) is 11.3. The van der Waals surface area contributed by atoms with Gasteiger partial charge in [0.1, 0.15) is 5.60 Å². The van der Waals surface area contributed by atoms with E-state index in [0.717, 1.165) is 23.2 Å². The van der Waals surface area contributed by atoms with E-state index >= 15 is 0 Å². The molecule has 4 rings (SSSR count). The fraction of sp³-hybridized carbons (Fsp3) is 0.480. The van der Waals surface area contributed by atoms with Crippen LogP contribution < -0.4 is 5.32 Å². The van der Waals surface area contributed by atoms with E-state index in [0.29, 0.717) is 24.8 Å². The van der Waals surface area contributed by atoms with Crippen molar-refractivity contribution in [3.05, 3.63) is 53.2 Å². The number of hydrogen-bond donors (Lipinski definition) is 2. The molecule has 1 fully saturated rings. The van der Waals surface area contributed by atoms with E-state index in [2.05, 4.69) is 33.7 Å². The number of carbonyl (C=O) groups excluding carboxylic acids is 2. The van der Waals surface area contributed by atoms with E-state index in [1.807, 2.05) is 45.9 Å². The van der Waals surface area contributed by atoms with Gasteiger partial charge in [-0.05, 0) is 63.7 Å². The summed E-state index contributed by atoms with van der Waals surface area (Å²) >= 11 is 0. The van der Waals surface area contributed by atoms with Gasteiger partial charge in [-0.1, -0.05) is 30.3 Å². The molecule has 1 aromatic heterocycles. The standard InChI is InChI=1S/C25H32N4O3/c1-16(23(30)26-22-15-21(27-28-22)18-8-9-18)19-6-5-7-20(14-19)17-10-12-29(13-11-17)24(31)32-25(2,3)4/h5-7,10,14-16,18H,8-9,11-13H2,1-4H3,(H2,26,27,28,30). The maximum absolute atomic E-state index is 12.8. The molecule has 2 N–H and O–H groups in total. The van der Waals surface area contributed by atoms with Crippen LogP contribution in [-0.4, -0.2) is 45.8 Å². The number of H-pyrrole nitrogens is 1. The zero-order chi connectivity index (χ0) is 22.9. The summed E-state index contributed by atoms with van der Waals surface area (Å²) in [5.41, 5.74) is 3.82. The van der Waals surface area contributed by atoms with E-state index < -0.39 is 5.60 Å². The third-order valence-corrected chi connectivity index (χ3v) is 5.88. The van der Waals surface area contributed by atoms with Gasteiger partial charge in [0.15, 0.2) is 5.82 Å². The van der Waals surface area contributed by atoms with Crippen LogP contribution in [-0.2, 0) is 9.53 Å². The fourth-order valence-electron chi connectivity index (χ4n) is 3.82. The molecule has 0 radical (unpaired) electrons. The van der Waals surface area contributed by atoms with Crippen molar-refractivity contribution >= 4 is 23.4 Å². The van der Waals surface area contributed by atoms with Crippen molar-refractivity contribution in [3.8, 4) is 0 Å². The summed E-state index contributed by atoms with van der Waals surface area (Å²) in [5.74, 6) is 0.762. The minimum Gasteiger partial charge on any atom is -0.444 e. The number of aromatic amines is 1. The smallest absolute Gasteiger partial charge is 0.410 e. The molecule has 1 aliphatic carbocycles. The van der Waals surface area contributed by atoms with Gasteiger partial charge in [0.2, 0.25) is 5.91 Å². The summed E-state index contributed by atoms with van der Waals surface area (Å²) in [6, 6.07) is 10.0. The Balaban J connectivity index is 1.39. The lowest BCUT2D eigenvalue weighted by molar-refractivity contribution is -0.117. The lowest BCUT2D eigenvalue weighted by Crippen LogP contribution is -2.39. The molecule has 170 valence electrons. The van der Waals surface area contributed by atoms with E-state index in [-0.39, 0.29) is 17.9 Å². The second kappa shape index (κ2) is 8.81. The molecule has 1 saturated carbocycles. The van der Waals surface area contributed by atoms with Gasteiger partial charge in [0.05, 0.1) is 5.92 Å². The van der Waals surface area contributed by atoms with E-state index in [1.54, 1.807) is 4.90 Å². The largest absolute Gasteiger partial charge is 0.444 e. The molecule has 2 amide bonds. The number of ether oxygens (including phenoxy) is 1. The number of anilines is 1. The van der Waals surface area contributed by atoms with Gasteiger partial charge < -0.3 is 15.0 Å². The summed E-state index contributed by atoms with van der Waals surface area (Å²) in [4.78, 5) is 26.8. The lowest BCUT2D eigenvalue weighted by Gasteiger charge is -2.29. The molecule has 2 aromatic rings. The minimum absolute atomic E-state index is 0.0790.